The zero-order chi connectivity index (χ0) is 20.3. The van der Waals surface area contributed by atoms with Crippen LogP contribution >= 0.6 is 11.6 Å². The number of halogens is 4. The molecule has 0 atom stereocenters. The van der Waals surface area contributed by atoms with Gasteiger partial charge in [0.05, 0.1) is 11.9 Å². The summed E-state index contributed by atoms with van der Waals surface area (Å²) in [6.07, 6.45) is -4.95. The van der Waals surface area contributed by atoms with E-state index in [1.807, 2.05) is 25.1 Å². The van der Waals surface area contributed by atoms with Crippen LogP contribution in [-0.4, -0.2) is 15.9 Å². The molecule has 0 saturated carbocycles. The molecule has 0 bridgehead atoms. The highest BCUT2D eigenvalue weighted by molar-refractivity contribution is 6.30. The summed E-state index contributed by atoms with van der Waals surface area (Å²) in [5.74, 6) is -0.691. The number of carbonyl (C=O) groups is 1. The van der Waals surface area contributed by atoms with E-state index >= 15 is 0 Å². The first kappa shape index (κ1) is 19.8. The Morgan fingerprint density at radius 3 is 2.57 bits per heavy atom. The number of benzene rings is 2. The van der Waals surface area contributed by atoms with Crippen LogP contribution in [0.2, 0.25) is 5.02 Å². The Balaban J connectivity index is 1.79. The Bertz CT molecular complexity index is 985. The molecule has 1 N–H and O–H groups in total. The second-order valence-corrected chi connectivity index (χ2v) is 6.41. The summed E-state index contributed by atoms with van der Waals surface area (Å²) in [6, 6.07) is 13.0. The maximum absolute atomic E-state index is 13.6. The van der Waals surface area contributed by atoms with Crippen LogP contribution in [0.5, 0.6) is 5.75 Å². The van der Waals surface area contributed by atoms with E-state index in [9.17, 15) is 18.0 Å². The second-order valence-electron chi connectivity index (χ2n) is 5.98. The predicted molar refractivity (Wildman–Crippen MR) is 97.6 cm³/mol. The molecule has 3 aromatic rings. The number of rotatable bonds is 4. The number of hydrogen-bond donors (Lipinski definition) is 1. The Kier molecular flexibility index (Phi) is 5.60. The number of nitrogens with one attached hydrogen (secondary N) is 1. The molecular formula is C19H15ClF3N3O2. The quantitative estimate of drug-likeness (QED) is 0.649. The van der Waals surface area contributed by atoms with Gasteiger partial charge in [0.2, 0.25) is 0 Å². The first-order chi connectivity index (χ1) is 13.2. The van der Waals surface area contributed by atoms with Crippen molar-refractivity contribution >= 4 is 17.7 Å². The Hall–Kier alpha value is -3.00. The summed E-state index contributed by atoms with van der Waals surface area (Å²) >= 11 is 5.77. The third-order valence-electron chi connectivity index (χ3n) is 3.80. The van der Waals surface area contributed by atoms with Crippen LogP contribution < -0.4 is 10.1 Å². The lowest BCUT2D eigenvalue weighted by atomic mass is 10.1. The monoisotopic (exact) mass is 409 g/mol. The Labute approximate surface area is 163 Å². The van der Waals surface area contributed by atoms with E-state index < -0.39 is 23.7 Å². The predicted octanol–water partition coefficient (Wildman–Crippen LogP) is 5.14. The van der Waals surface area contributed by atoms with Gasteiger partial charge >= 0.3 is 12.3 Å². The van der Waals surface area contributed by atoms with Crippen LogP contribution in [-0.2, 0) is 12.7 Å². The second kappa shape index (κ2) is 7.93. The highest BCUT2D eigenvalue weighted by Gasteiger charge is 2.40. The molecule has 3 rings (SSSR count). The molecule has 0 fully saturated rings. The van der Waals surface area contributed by atoms with Crippen molar-refractivity contribution in [3.05, 3.63) is 76.6 Å². The molecule has 1 amide bonds. The number of amides is 1. The van der Waals surface area contributed by atoms with Gasteiger partial charge in [0.15, 0.2) is 11.4 Å². The molecule has 0 unspecified atom stereocenters. The van der Waals surface area contributed by atoms with Gasteiger partial charge in [0.25, 0.3) is 0 Å². The first-order valence-corrected chi connectivity index (χ1v) is 8.54. The SMILES string of the molecule is Cc1cccc(CNC(=O)Oc2cnn(-c3ccc(Cl)cc3)c2C(F)(F)F)c1. The number of alkyl halides is 3. The van der Waals surface area contributed by atoms with Crippen molar-refractivity contribution in [3.63, 3.8) is 0 Å². The lowest BCUT2D eigenvalue weighted by Crippen LogP contribution is -2.27. The molecule has 0 aliphatic carbocycles. The zero-order valence-electron chi connectivity index (χ0n) is 14.6. The molecule has 0 saturated heterocycles. The van der Waals surface area contributed by atoms with Crippen molar-refractivity contribution in [2.75, 3.05) is 0 Å². The van der Waals surface area contributed by atoms with Crippen molar-refractivity contribution in [3.8, 4) is 11.4 Å². The Morgan fingerprint density at radius 2 is 1.93 bits per heavy atom. The van der Waals surface area contributed by atoms with Crippen molar-refractivity contribution in [1.29, 1.82) is 0 Å². The molecule has 1 aromatic heterocycles. The minimum absolute atomic E-state index is 0.118. The molecule has 146 valence electrons. The summed E-state index contributed by atoms with van der Waals surface area (Å²) in [6.45, 7) is 2.01. The summed E-state index contributed by atoms with van der Waals surface area (Å²) < 4.78 is 46.2. The minimum atomic E-state index is -4.79. The van der Waals surface area contributed by atoms with Gasteiger partial charge in [-0.1, -0.05) is 41.4 Å². The van der Waals surface area contributed by atoms with Crippen molar-refractivity contribution in [1.82, 2.24) is 15.1 Å². The van der Waals surface area contributed by atoms with Crippen LogP contribution in [0.25, 0.3) is 5.69 Å². The highest BCUT2D eigenvalue weighted by atomic mass is 35.5. The van der Waals surface area contributed by atoms with E-state index in [-0.39, 0.29) is 12.2 Å². The zero-order valence-corrected chi connectivity index (χ0v) is 15.4. The maximum Gasteiger partial charge on any atom is 0.437 e. The third kappa shape index (κ3) is 4.64. The van der Waals surface area contributed by atoms with Gasteiger partial charge in [0.1, 0.15) is 0 Å². The number of aromatic nitrogens is 2. The fraction of sp³-hybridized carbons (Fsp3) is 0.158. The lowest BCUT2D eigenvalue weighted by molar-refractivity contribution is -0.143. The Morgan fingerprint density at radius 1 is 1.21 bits per heavy atom. The molecule has 9 heteroatoms. The largest absolute Gasteiger partial charge is 0.437 e. The van der Waals surface area contributed by atoms with Crippen LogP contribution in [0.4, 0.5) is 18.0 Å². The van der Waals surface area contributed by atoms with Gasteiger partial charge in [-0.25, -0.2) is 9.48 Å². The number of aryl methyl sites for hydroxylation is 1. The molecular weight excluding hydrogens is 395 g/mol. The molecule has 28 heavy (non-hydrogen) atoms. The van der Waals surface area contributed by atoms with E-state index in [2.05, 4.69) is 10.4 Å². The normalized spacial score (nSPS) is 11.3. The number of nitrogens with zero attached hydrogens (tertiary/aromatic N) is 2. The number of ether oxygens (including phenoxy) is 1. The first-order valence-electron chi connectivity index (χ1n) is 8.16. The van der Waals surface area contributed by atoms with Crippen LogP contribution in [0, 0.1) is 6.92 Å². The van der Waals surface area contributed by atoms with E-state index in [1.54, 1.807) is 6.07 Å². The maximum atomic E-state index is 13.6. The third-order valence-corrected chi connectivity index (χ3v) is 4.05. The van der Waals surface area contributed by atoms with E-state index in [0.717, 1.165) is 17.3 Å². The fourth-order valence-corrected chi connectivity index (χ4v) is 2.70. The fourth-order valence-electron chi connectivity index (χ4n) is 2.58. The number of hydrogen-bond acceptors (Lipinski definition) is 3. The van der Waals surface area contributed by atoms with Gasteiger partial charge in [0, 0.05) is 11.6 Å². The van der Waals surface area contributed by atoms with Gasteiger partial charge in [-0.15, -0.1) is 0 Å². The van der Waals surface area contributed by atoms with Crippen LogP contribution in [0.15, 0.2) is 54.7 Å². The minimum Gasteiger partial charge on any atom is -0.406 e. The highest BCUT2D eigenvalue weighted by Crippen LogP contribution is 2.37. The average Bonchev–Trinajstić information content (AvgIpc) is 3.04. The number of carbonyl (C=O) groups excluding carboxylic acids is 1. The summed E-state index contributed by atoms with van der Waals surface area (Å²) in [4.78, 5) is 12.0. The molecule has 0 radical (unpaired) electrons. The van der Waals surface area contributed by atoms with Crippen molar-refractivity contribution < 1.29 is 22.7 Å². The topological polar surface area (TPSA) is 56.1 Å². The lowest BCUT2D eigenvalue weighted by Gasteiger charge is -2.13. The molecule has 0 aliphatic heterocycles. The van der Waals surface area contributed by atoms with E-state index in [1.165, 1.54) is 24.3 Å². The molecule has 1 heterocycles. The van der Waals surface area contributed by atoms with Gasteiger partial charge in [-0.3, -0.25) is 0 Å². The van der Waals surface area contributed by atoms with E-state index in [0.29, 0.717) is 9.70 Å². The van der Waals surface area contributed by atoms with Crippen molar-refractivity contribution in [2.24, 2.45) is 0 Å². The van der Waals surface area contributed by atoms with Crippen LogP contribution in [0.3, 0.4) is 0 Å². The van der Waals surface area contributed by atoms with Crippen molar-refractivity contribution in [2.45, 2.75) is 19.6 Å². The van der Waals surface area contributed by atoms with Gasteiger partial charge < -0.3 is 10.1 Å². The summed E-state index contributed by atoms with van der Waals surface area (Å²) in [5, 5.41) is 6.51. The van der Waals surface area contributed by atoms with Gasteiger partial charge in [-0.2, -0.15) is 18.3 Å². The molecule has 0 aliphatic rings. The molecule has 5 nitrogen and oxygen atoms in total. The standard InChI is InChI=1S/C19H15ClF3N3O2/c1-12-3-2-4-13(9-12)10-24-18(27)28-16-11-25-26(17(16)19(21,22)23)15-7-5-14(20)6-8-15/h2-9,11H,10H2,1H3,(H,24,27). The summed E-state index contributed by atoms with van der Waals surface area (Å²) in [7, 11) is 0. The molecule has 0 spiro atoms. The van der Waals surface area contributed by atoms with E-state index in [4.69, 9.17) is 16.3 Å². The average molecular weight is 410 g/mol. The van der Waals surface area contributed by atoms with Gasteiger partial charge in [-0.05, 0) is 36.8 Å². The smallest absolute Gasteiger partial charge is 0.406 e. The molecule has 2 aromatic carbocycles. The van der Waals surface area contributed by atoms with Crippen LogP contribution in [0.1, 0.15) is 16.8 Å². The summed E-state index contributed by atoms with van der Waals surface area (Å²) in [5.41, 5.74) is 0.730.